The molecule has 2 N–H and O–H groups in total. The van der Waals surface area contributed by atoms with Crippen LogP contribution in [0.5, 0.6) is 11.5 Å². The molecule has 0 aromatic heterocycles. The lowest BCUT2D eigenvalue weighted by Crippen LogP contribution is -2.03. The van der Waals surface area contributed by atoms with E-state index in [4.69, 9.17) is 0 Å². The first-order chi connectivity index (χ1) is 8.52. The fraction of sp³-hybridized carbons (Fsp3) is 0.133. The van der Waals surface area contributed by atoms with Crippen molar-refractivity contribution in [3.05, 3.63) is 58.7 Å². The highest BCUT2D eigenvalue weighted by atomic mass is 16.3. The topological polar surface area (TPSA) is 57.5 Å². The molecule has 2 rings (SSSR count). The van der Waals surface area contributed by atoms with Crippen LogP contribution in [0, 0.1) is 13.8 Å². The monoisotopic (exact) mass is 242 g/mol. The number of phenols is 2. The van der Waals surface area contributed by atoms with Crippen LogP contribution >= 0.6 is 0 Å². The van der Waals surface area contributed by atoms with Gasteiger partial charge in [0.2, 0.25) is 0 Å². The van der Waals surface area contributed by atoms with Crippen molar-refractivity contribution >= 4 is 5.78 Å². The predicted octanol–water partition coefficient (Wildman–Crippen LogP) is 2.95. The summed E-state index contributed by atoms with van der Waals surface area (Å²) in [6, 6.07) is 10.3. The first kappa shape index (κ1) is 12.2. The molecule has 2 aromatic carbocycles. The molecule has 0 bridgehead atoms. The minimum atomic E-state index is -0.251. The summed E-state index contributed by atoms with van der Waals surface area (Å²) in [5.41, 5.74) is 1.63. The zero-order chi connectivity index (χ0) is 13.3. The number of benzene rings is 2. The summed E-state index contributed by atoms with van der Waals surface area (Å²) in [6.45, 7) is 3.28. The molecular weight excluding hydrogens is 228 g/mol. The largest absolute Gasteiger partial charge is 0.507 e. The molecule has 18 heavy (non-hydrogen) atoms. The van der Waals surface area contributed by atoms with Gasteiger partial charge in [-0.25, -0.2) is 0 Å². The van der Waals surface area contributed by atoms with Crippen LogP contribution in [-0.2, 0) is 0 Å². The summed E-state index contributed by atoms with van der Waals surface area (Å²) < 4.78 is 0. The van der Waals surface area contributed by atoms with Gasteiger partial charge in [0, 0.05) is 11.1 Å². The summed E-state index contributed by atoms with van der Waals surface area (Å²) >= 11 is 0. The van der Waals surface area contributed by atoms with Crippen molar-refractivity contribution in [3.8, 4) is 11.5 Å². The minimum absolute atomic E-state index is 0.0251. The summed E-state index contributed by atoms with van der Waals surface area (Å²) in [5, 5.41) is 19.6. The van der Waals surface area contributed by atoms with Gasteiger partial charge < -0.3 is 10.2 Å². The van der Waals surface area contributed by atoms with Crippen molar-refractivity contribution in [1.29, 1.82) is 0 Å². The lowest BCUT2D eigenvalue weighted by Gasteiger charge is -2.10. The summed E-state index contributed by atoms with van der Waals surface area (Å²) in [5.74, 6) is -0.386. The number of hydrogen-bond acceptors (Lipinski definition) is 3. The van der Waals surface area contributed by atoms with Crippen molar-refractivity contribution in [2.45, 2.75) is 13.8 Å². The van der Waals surface area contributed by atoms with E-state index in [9.17, 15) is 15.0 Å². The third-order valence-corrected chi connectivity index (χ3v) is 2.98. The Morgan fingerprint density at radius 3 is 2.22 bits per heavy atom. The van der Waals surface area contributed by atoms with E-state index in [2.05, 4.69) is 0 Å². The second kappa shape index (κ2) is 4.53. The van der Waals surface area contributed by atoms with Crippen LogP contribution in [0.25, 0.3) is 0 Å². The fourth-order valence-electron chi connectivity index (χ4n) is 1.88. The van der Waals surface area contributed by atoms with Gasteiger partial charge in [-0.2, -0.15) is 0 Å². The van der Waals surface area contributed by atoms with Crippen LogP contribution in [0.15, 0.2) is 36.4 Å². The van der Waals surface area contributed by atoms with E-state index in [1.54, 1.807) is 38.1 Å². The molecule has 0 heterocycles. The average molecular weight is 242 g/mol. The molecule has 2 aromatic rings. The first-order valence-electron chi connectivity index (χ1n) is 5.64. The van der Waals surface area contributed by atoms with E-state index in [0.29, 0.717) is 16.7 Å². The smallest absolute Gasteiger partial charge is 0.196 e. The van der Waals surface area contributed by atoms with E-state index in [1.165, 1.54) is 6.07 Å². The zero-order valence-electron chi connectivity index (χ0n) is 10.3. The molecule has 0 aliphatic carbocycles. The molecule has 0 saturated heterocycles. The highest BCUT2D eigenvalue weighted by molar-refractivity contribution is 6.11. The summed E-state index contributed by atoms with van der Waals surface area (Å²) in [6.07, 6.45) is 0. The highest BCUT2D eigenvalue weighted by Gasteiger charge is 2.18. The number of hydrogen-bond donors (Lipinski definition) is 2. The molecule has 0 saturated carbocycles. The molecule has 0 unspecified atom stereocenters. The minimum Gasteiger partial charge on any atom is -0.507 e. The van der Waals surface area contributed by atoms with Crippen LogP contribution in [-0.4, -0.2) is 16.0 Å². The van der Waals surface area contributed by atoms with Crippen LogP contribution in [0.1, 0.15) is 27.0 Å². The second-order valence-electron chi connectivity index (χ2n) is 4.26. The van der Waals surface area contributed by atoms with Crippen LogP contribution in [0.3, 0.4) is 0 Å². The third-order valence-electron chi connectivity index (χ3n) is 2.98. The van der Waals surface area contributed by atoms with E-state index >= 15 is 0 Å². The maximum absolute atomic E-state index is 12.2. The van der Waals surface area contributed by atoms with Gasteiger partial charge in [-0.05, 0) is 25.5 Å². The fourth-order valence-corrected chi connectivity index (χ4v) is 1.88. The maximum Gasteiger partial charge on any atom is 0.196 e. The number of carbonyl (C=O) groups excluding carboxylic acids is 1. The standard InChI is InChI=1S/C15H14O3/c1-9-8-12(14(17)10(2)13(9)16)15(18)11-6-4-3-5-7-11/h3-8,16-17H,1-2H3. The molecule has 0 fully saturated rings. The zero-order valence-corrected chi connectivity index (χ0v) is 10.3. The van der Waals surface area contributed by atoms with Gasteiger partial charge >= 0.3 is 0 Å². The van der Waals surface area contributed by atoms with Gasteiger partial charge in [-0.15, -0.1) is 0 Å². The molecule has 0 spiro atoms. The van der Waals surface area contributed by atoms with Crippen molar-refractivity contribution < 1.29 is 15.0 Å². The first-order valence-corrected chi connectivity index (χ1v) is 5.64. The number of carbonyl (C=O) groups is 1. The van der Waals surface area contributed by atoms with E-state index < -0.39 is 0 Å². The molecule has 0 radical (unpaired) electrons. The Labute approximate surface area is 105 Å². The molecule has 0 aliphatic rings. The molecular formula is C15H14O3. The van der Waals surface area contributed by atoms with Crippen LogP contribution in [0.2, 0.25) is 0 Å². The Hall–Kier alpha value is -2.29. The SMILES string of the molecule is Cc1cc(C(=O)c2ccccc2)c(O)c(C)c1O. The van der Waals surface area contributed by atoms with E-state index in [0.717, 1.165) is 0 Å². The summed E-state index contributed by atoms with van der Waals surface area (Å²) in [4.78, 5) is 12.2. The normalized spacial score (nSPS) is 10.3. The van der Waals surface area contributed by atoms with Crippen molar-refractivity contribution in [3.63, 3.8) is 0 Å². The number of rotatable bonds is 2. The maximum atomic E-state index is 12.2. The number of aryl methyl sites for hydroxylation is 1. The summed E-state index contributed by atoms with van der Waals surface area (Å²) in [7, 11) is 0. The van der Waals surface area contributed by atoms with Gasteiger partial charge in [-0.3, -0.25) is 4.79 Å². The van der Waals surface area contributed by atoms with Crippen molar-refractivity contribution in [2.75, 3.05) is 0 Å². The Morgan fingerprint density at radius 2 is 1.61 bits per heavy atom. The lowest BCUT2D eigenvalue weighted by molar-refractivity contribution is 0.103. The van der Waals surface area contributed by atoms with Gasteiger partial charge in [0.1, 0.15) is 11.5 Å². The van der Waals surface area contributed by atoms with Gasteiger partial charge in [-0.1, -0.05) is 30.3 Å². The molecule has 92 valence electrons. The third kappa shape index (κ3) is 1.95. The van der Waals surface area contributed by atoms with Crippen molar-refractivity contribution in [1.82, 2.24) is 0 Å². The van der Waals surface area contributed by atoms with E-state index in [1.807, 2.05) is 6.07 Å². The Kier molecular flexibility index (Phi) is 3.06. The molecule has 0 atom stereocenters. The van der Waals surface area contributed by atoms with Gasteiger partial charge in [0.15, 0.2) is 5.78 Å². The van der Waals surface area contributed by atoms with E-state index in [-0.39, 0.29) is 22.8 Å². The lowest BCUT2D eigenvalue weighted by atomic mass is 9.97. The molecule has 0 amide bonds. The van der Waals surface area contributed by atoms with Crippen LogP contribution in [0.4, 0.5) is 0 Å². The molecule has 3 nitrogen and oxygen atoms in total. The Balaban J connectivity index is 2.56. The average Bonchev–Trinajstić information content (AvgIpc) is 2.41. The van der Waals surface area contributed by atoms with Gasteiger partial charge in [0.05, 0.1) is 5.56 Å². The number of phenolic OH excluding ortho intramolecular Hbond substituents is 2. The highest BCUT2D eigenvalue weighted by Crippen LogP contribution is 2.33. The molecule has 0 aliphatic heterocycles. The second-order valence-corrected chi connectivity index (χ2v) is 4.26. The quantitative estimate of drug-likeness (QED) is 0.796. The van der Waals surface area contributed by atoms with Crippen molar-refractivity contribution in [2.24, 2.45) is 0 Å². The van der Waals surface area contributed by atoms with Crippen LogP contribution < -0.4 is 0 Å². The Bertz CT molecular complexity index is 601. The number of ketones is 1. The predicted molar refractivity (Wildman–Crippen MR) is 69.1 cm³/mol. The molecule has 3 heteroatoms. The van der Waals surface area contributed by atoms with Gasteiger partial charge in [0.25, 0.3) is 0 Å². The number of aromatic hydroxyl groups is 2. The Morgan fingerprint density at radius 1 is 1.00 bits per heavy atom.